The van der Waals surface area contributed by atoms with Gasteiger partial charge in [0.1, 0.15) is 10.3 Å². The fraction of sp³-hybridized carbons (Fsp3) is 0.556. The number of nitrogens with zero attached hydrogens (tertiary/aromatic N) is 1. The van der Waals surface area contributed by atoms with E-state index in [-0.39, 0.29) is 11.5 Å². The molecule has 0 saturated heterocycles. The van der Waals surface area contributed by atoms with Gasteiger partial charge in [-0.15, -0.1) is 0 Å². The fourth-order valence-electron chi connectivity index (χ4n) is 1.16. The van der Waals surface area contributed by atoms with Gasteiger partial charge in [-0.25, -0.2) is 4.98 Å². The van der Waals surface area contributed by atoms with Crippen molar-refractivity contribution in [1.82, 2.24) is 9.97 Å². The highest BCUT2D eigenvalue weighted by atomic mass is 79.9. The molecule has 4 nitrogen and oxygen atoms in total. The maximum absolute atomic E-state index is 11.4. The van der Waals surface area contributed by atoms with Crippen LogP contribution in [0, 0.1) is 6.92 Å². The molecular formula is C9H13BrN2O2. The first-order valence-electron chi connectivity index (χ1n) is 4.31. The van der Waals surface area contributed by atoms with E-state index >= 15 is 0 Å². The number of aryl methyl sites for hydroxylation is 1. The third-order valence-corrected chi connectivity index (χ3v) is 2.86. The van der Waals surface area contributed by atoms with Crippen molar-refractivity contribution in [2.24, 2.45) is 0 Å². The van der Waals surface area contributed by atoms with Gasteiger partial charge in [0.15, 0.2) is 0 Å². The molecule has 0 radical (unpaired) electrons. The molecule has 14 heavy (non-hydrogen) atoms. The number of halogens is 1. The van der Waals surface area contributed by atoms with E-state index in [0.717, 1.165) is 0 Å². The molecule has 0 amide bonds. The lowest BCUT2D eigenvalue weighted by Gasteiger charge is -2.10. The number of hydrogen-bond donors (Lipinski definition) is 1. The minimum atomic E-state index is -0.143. The number of hydrogen-bond acceptors (Lipinski definition) is 3. The van der Waals surface area contributed by atoms with Gasteiger partial charge in [-0.3, -0.25) is 4.79 Å². The fourth-order valence-corrected chi connectivity index (χ4v) is 1.34. The van der Waals surface area contributed by atoms with Gasteiger partial charge >= 0.3 is 0 Å². The van der Waals surface area contributed by atoms with E-state index in [9.17, 15) is 4.79 Å². The Morgan fingerprint density at radius 3 is 2.79 bits per heavy atom. The molecule has 0 aliphatic carbocycles. The van der Waals surface area contributed by atoms with E-state index in [0.29, 0.717) is 22.6 Å². The SMILES string of the molecule is COCC(C)c1nc(C)c(Br)c(=O)[nH]1. The third kappa shape index (κ3) is 2.42. The summed E-state index contributed by atoms with van der Waals surface area (Å²) in [7, 11) is 1.63. The van der Waals surface area contributed by atoms with E-state index < -0.39 is 0 Å². The Balaban J connectivity index is 3.06. The van der Waals surface area contributed by atoms with Crippen molar-refractivity contribution >= 4 is 15.9 Å². The molecule has 0 saturated carbocycles. The minimum Gasteiger partial charge on any atom is -0.384 e. The van der Waals surface area contributed by atoms with Crippen molar-refractivity contribution < 1.29 is 4.74 Å². The van der Waals surface area contributed by atoms with Crippen LogP contribution in [0.15, 0.2) is 9.27 Å². The molecule has 1 heterocycles. The lowest BCUT2D eigenvalue weighted by atomic mass is 10.2. The highest BCUT2D eigenvalue weighted by molar-refractivity contribution is 9.10. The molecule has 1 rings (SSSR count). The molecular weight excluding hydrogens is 248 g/mol. The van der Waals surface area contributed by atoms with Gasteiger partial charge in [0.2, 0.25) is 0 Å². The Morgan fingerprint density at radius 1 is 1.64 bits per heavy atom. The van der Waals surface area contributed by atoms with Crippen LogP contribution in [0.4, 0.5) is 0 Å². The van der Waals surface area contributed by atoms with E-state index in [4.69, 9.17) is 4.74 Å². The van der Waals surface area contributed by atoms with E-state index in [2.05, 4.69) is 25.9 Å². The van der Waals surface area contributed by atoms with Crippen molar-refractivity contribution in [3.8, 4) is 0 Å². The number of rotatable bonds is 3. The summed E-state index contributed by atoms with van der Waals surface area (Å²) >= 11 is 3.16. The Morgan fingerprint density at radius 2 is 2.29 bits per heavy atom. The first-order chi connectivity index (χ1) is 6.56. The molecule has 0 aliphatic heterocycles. The van der Waals surface area contributed by atoms with Gasteiger partial charge in [-0.05, 0) is 22.9 Å². The zero-order valence-corrected chi connectivity index (χ0v) is 10.0. The first kappa shape index (κ1) is 11.4. The zero-order valence-electron chi connectivity index (χ0n) is 8.43. The molecule has 1 N–H and O–H groups in total. The topological polar surface area (TPSA) is 55.0 Å². The van der Waals surface area contributed by atoms with Crippen molar-refractivity contribution in [1.29, 1.82) is 0 Å². The van der Waals surface area contributed by atoms with Crippen LogP contribution in [0.1, 0.15) is 24.4 Å². The molecule has 0 spiro atoms. The van der Waals surface area contributed by atoms with Crippen LogP contribution in [-0.2, 0) is 4.74 Å². The quantitative estimate of drug-likeness (QED) is 0.898. The Labute approximate surface area is 90.8 Å². The van der Waals surface area contributed by atoms with Gasteiger partial charge in [0, 0.05) is 13.0 Å². The van der Waals surface area contributed by atoms with Crippen LogP contribution in [0.25, 0.3) is 0 Å². The predicted octanol–water partition coefficient (Wildman–Crippen LogP) is 1.59. The highest BCUT2D eigenvalue weighted by Gasteiger charge is 2.11. The molecule has 1 atom stereocenters. The van der Waals surface area contributed by atoms with E-state index in [1.165, 1.54) is 0 Å². The molecule has 5 heteroatoms. The standard InChI is InChI=1S/C9H13BrN2O2/c1-5(4-14-3)8-11-6(2)7(10)9(13)12-8/h5H,4H2,1-3H3,(H,11,12,13). The number of ether oxygens (including phenoxy) is 1. The summed E-state index contributed by atoms with van der Waals surface area (Å²) in [4.78, 5) is 18.4. The van der Waals surface area contributed by atoms with Gasteiger partial charge < -0.3 is 9.72 Å². The number of H-pyrrole nitrogens is 1. The minimum absolute atomic E-state index is 0.0968. The second-order valence-electron chi connectivity index (χ2n) is 3.21. The number of nitrogens with one attached hydrogen (secondary N) is 1. The summed E-state index contributed by atoms with van der Waals surface area (Å²) in [6.45, 7) is 4.29. The molecule has 0 fully saturated rings. The van der Waals surface area contributed by atoms with Gasteiger partial charge in [0.25, 0.3) is 5.56 Å². The van der Waals surface area contributed by atoms with Crippen LogP contribution >= 0.6 is 15.9 Å². The molecule has 0 aliphatic rings. The van der Waals surface area contributed by atoms with Gasteiger partial charge in [-0.2, -0.15) is 0 Å². The largest absolute Gasteiger partial charge is 0.384 e. The summed E-state index contributed by atoms with van der Waals surface area (Å²) in [6.07, 6.45) is 0. The Kier molecular flexibility index (Phi) is 3.83. The van der Waals surface area contributed by atoms with Crippen molar-refractivity contribution in [2.45, 2.75) is 19.8 Å². The number of aromatic amines is 1. The molecule has 0 aromatic carbocycles. The summed E-state index contributed by atoms with van der Waals surface area (Å²) < 4.78 is 5.49. The molecule has 1 aromatic heterocycles. The Hall–Kier alpha value is -0.680. The zero-order chi connectivity index (χ0) is 10.7. The van der Waals surface area contributed by atoms with Gasteiger partial charge in [0.05, 0.1) is 12.3 Å². The molecule has 1 unspecified atom stereocenters. The van der Waals surface area contributed by atoms with E-state index in [1.54, 1.807) is 14.0 Å². The summed E-state index contributed by atoms with van der Waals surface area (Å²) in [6, 6.07) is 0. The number of methoxy groups -OCH3 is 1. The predicted molar refractivity (Wildman–Crippen MR) is 57.6 cm³/mol. The molecule has 1 aromatic rings. The summed E-state index contributed by atoms with van der Waals surface area (Å²) in [5.74, 6) is 0.761. The van der Waals surface area contributed by atoms with Crippen molar-refractivity contribution in [2.75, 3.05) is 13.7 Å². The van der Waals surface area contributed by atoms with Crippen molar-refractivity contribution in [3.63, 3.8) is 0 Å². The lowest BCUT2D eigenvalue weighted by molar-refractivity contribution is 0.181. The molecule has 0 bridgehead atoms. The van der Waals surface area contributed by atoms with Crippen LogP contribution in [0.2, 0.25) is 0 Å². The second kappa shape index (κ2) is 4.70. The maximum Gasteiger partial charge on any atom is 0.265 e. The molecule has 78 valence electrons. The first-order valence-corrected chi connectivity index (χ1v) is 5.10. The summed E-state index contributed by atoms with van der Waals surface area (Å²) in [5, 5.41) is 0. The average molecular weight is 261 g/mol. The summed E-state index contributed by atoms with van der Waals surface area (Å²) in [5.41, 5.74) is 0.558. The Bertz CT molecular complexity index is 376. The lowest BCUT2D eigenvalue weighted by Crippen LogP contribution is -2.17. The third-order valence-electron chi connectivity index (χ3n) is 1.93. The van der Waals surface area contributed by atoms with Gasteiger partial charge in [-0.1, -0.05) is 6.92 Å². The van der Waals surface area contributed by atoms with Crippen LogP contribution in [-0.4, -0.2) is 23.7 Å². The maximum atomic E-state index is 11.4. The average Bonchev–Trinajstić information content (AvgIpc) is 2.13. The van der Waals surface area contributed by atoms with Crippen molar-refractivity contribution in [3.05, 3.63) is 26.3 Å². The van der Waals surface area contributed by atoms with Crippen LogP contribution in [0.5, 0.6) is 0 Å². The second-order valence-corrected chi connectivity index (χ2v) is 4.00. The van der Waals surface area contributed by atoms with Crippen LogP contribution < -0.4 is 5.56 Å². The monoisotopic (exact) mass is 260 g/mol. The number of aromatic nitrogens is 2. The highest BCUT2D eigenvalue weighted by Crippen LogP contribution is 2.12. The normalized spacial score (nSPS) is 12.9. The van der Waals surface area contributed by atoms with E-state index in [1.807, 2.05) is 6.92 Å². The van der Waals surface area contributed by atoms with Crippen LogP contribution in [0.3, 0.4) is 0 Å². The smallest absolute Gasteiger partial charge is 0.265 e.